The van der Waals surface area contributed by atoms with Crippen LogP contribution in [0.2, 0.25) is 0 Å². The fourth-order valence-electron chi connectivity index (χ4n) is 2.31. The number of carbonyl (C=O) groups excluding carboxylic acids is 1. The average molecular weight is 339 g/mol. The minimum atomic E-state index is -0.935. The van der Waals surface area contributed by atoms with Crippen LogP contribution in [0.15, 0.2) is 54.6 Å². The first-order valence-corrected chi connectivity index (χ1v) is 8.02. The fraction of sp³-hybridized carbons (Fsp3) is 0.200. The van der Waals surface area contributed by atoms with Crippen molar-refractivity contribution in [1.82, 2.24) is 5.32 Å². The van der Waals surface area contributed by atoms with Crippen molar-refractivity contribution in [3.8, 4) is 0 Å². The Morgan fingerprint density at radius 1 is 1.12 bits per heavy atom. The molecule has 0 aliphatic rings. The van der Waals surface area contributed by atoms with Gasteiger partial charge in [0, 0.05) is 6.54 Å². The van der Waals surface area contributed by atoms with E-state index in [0.29, 0.717) is 18.5 Å². The van der Waals surface area contributed by atoms with Gasteiger partial charge in [0.05, 0.1) is 5.56 Å². The van der Waals surface area contributed by atoms with Crippen molar-refractivity contribution in [2.45, 2.75) is 20.0 Å². The summed E-state index contributed by atoms with van der Waals surface area (Å²) in [4.78, 5) is 22.7. The van der Waals surface area contributed by atoms with Crippen molar-refractivity contribution in [2.24, 2.45) is 0 Å². The number of alkyl carbamates (subject to hydrolysis) is 1. The topological polar surface area (TPSA) is 75.6 Å². The number of aromatic carboxylic acids is 1. The van der Waals surface area contributed by atoms with Crippen LogP contribution in [0.1, 0.15) is 33.5 Å². The molecule has 2 aromatic carbocycles. The van der Waals surface area contributed by atoms with E-state index in [2.05, 4.69) is 5.32 Å². The average Bonchev–Trinajstić information content (AvgIpc) is 2.61. The SMILES string of the molecule is Cc1c(C=CCCNC(=O)OCc2ccccc2)cccc1C(=O)O. The Bertz CT molecular complexity index is 754. The molecular formula is C20H21NO4. The number of carbonyl (C=O) groups is 2. The van der Waals surface area contributed by atoms with E-state index in [9.17, 15) is 9.59 Å². The Balaban J connectivity index is 1.74. The summed E-state index contributed by atoms with van der Waals surface area (Å²) in [6.07, 6.45) is 3.92. The normalized spacial score (nSPS) is 10.6. The second-order valence-electron chi connectivity index (χ2n) is 5.50. The predicted octanol–water partition coefficient (Wildman–Crippen LogP) is 4.02. The lowest BCUT2D eigenvalue weighted by Crippen LogP contribution is -2.24. The van der Waals surface area contributed by atoms with Gasteiger partial charge in [-0.2, -0.15) is 0 Å². The Morgan fingerprint density at radius 2 is 1.88 bits per heavy atom. The van der Waals surface area contributed by atoms with E-state index in [4.69, 9.17) is 9.84 Å². The van der Waals surface area contributed by atoms with Crippen molar-refractivity contribution >= 4 is 18.1 Å². The van der Waals surface area contributed by atoms with Crippen LogP contribution in [0, 0.1) is 6.92 Å². The van der Waals surface area contributed by atoms with E-state index in [-0.39, 0.29) is 6.61 Å². The highest BCUT2D eigenvalue weighted by atomic mass is 16.5. The second-order valence-corrected chi connectivity index (χ2v) is 5.50. The molecule has 0 aliphatic carbocycles. The monoisotopic (exact) mass is 339 g/mol. The van der Waals surface area contributed by atoms with Gasteiger partial charge in [-0.15, -0.1) is 0 Å². The Hall–Kier alpha value is -3.08. The van der Waals surface area contributed by atoms with Crippen LogP contribution in [-0.2, 0) is 11.3 Å². The van der Waals surface area contributed by atoms with Gasteiger partial charge in [0.25, 0.3) is 0 Å². The van der Waals surface area contributed by atoms with Crippen molar-refractivity contribution in [2.75, 3.05) is 6.54 Å². The van der Waals surface area contributed by atoms with Crippen LogP contribution in [0.25, 0.3) is 6.08 Å². The summed E-state index contributed by atoms with van der Waals surface area (Å²) in [5.74, 6) is -0.935. The molecule has 0 bridgehead atoms. The third kappa shape index (κ3) is 5.80. The molecule has 0 radical (unpaired) electrons. The van der Waals surface area contributed by atoms with E-state index in [1.807, 2.05) is 48.6 Å². The first-order chi connectivity index (χ1) is 12.1. The summed E-state index contributed by atoms with van der Waals surface area (Å²) in [5, 5.41) is 11.8. The molecule has 5 heteroatoms. The van der Waals surface area contributed by atoms with Crippen LogP contribution in [0.4, 0.5) is 4.79 Å². The van der Waals surface area contributed by atoms with E-state index in [1.54, 1.807) is 19.1 Å². The van der Waals surface area contributed by atoms with E-state index >= 15 is 0 Å². The van der Waals surface area contributed by atoms with Gasteiger partial charge < -0.3 is 15.2 Å². The van der Waals surface area contributed by atoms with Crippen LogP contribution in [0.3, 0.4) is 0 Å². The lowest BCUT2D eigenvalue weighted by Gasteiger charge is -2.06. The molecule has 0 aromatic heterocycles. The van der Waals surface area contributed by atoms with Crippen molar-refractivity contribution in [3.05, 3.63) is 76.9 Å². The van der Waals surface area contributed by atoms with Gasteiger partial charge in [-0.3, -0.25) is 0 Å². The maximum Gasteiger partial charge on any atom is 0.407 e. The Morgan fingerprint density at radius 3 is 2.60 bits per heavy atom. The van der Waals surface area contributed by atoms with E-state index in [1.165, 1.54) is 0 Å². The molecule has 0 atom stereocenters. The first-order valence-electron chi connectivity index (χ1n) is 8.02. The summed E-state index contributed by atoms with van der Waals surface area (Å²) in [5.41, 5.74) is 2.81. The van der Waals surface area contributed by atoms with Crippen LogP contribution in [0.5, 0.6) is 0 Å². The number of amides is 1. The summed E-state index contributed by atoms with van der Waals surface area (Å²) in [6.45, 7) is 2.47. The van der Waals surface area contributed by atoms with Crippen LogP contribution < -0.4 is 5.32 Å². The predicted molar refractivity (Wildman–Crippen MR) is 96.4 cm³/mol. The summed E-state index contributed by atoms with van der Waals surface area (Å²) in [7, 11) is 0. The number of benzene rings is 2. The highest BCUT2D eigenvalue weighted by Crippen LogP contribution is 2.15. The number of ether oxygens (including phenoxy) is 1. The molecule has 2 aromatic rings. The summed E-state index contributed by atoms with van der Waals surface area (Å²) < 4.78 is 5.11. The molecule has 2 N–H and O–H groups in total. The minimum Gasteiger partial charge on any atom is -0.478 e. The van der Waals surface area contributed by atoms with E-state index < -0.39 is 12.1 Å². The number of carboxylic acid groups (broad SMARTS) is 1. The number of carboxylic acids is 1. The molecule has 0 saturated carbocycles. The molecule has 25 heavy (non-hydrogen) atoms. The molecule has 0 heterocycles. The molecule has 2 rings (SSSR count). The van der Waals surface area contributed by atoms with E-state index in [0.717, 1.165) is 16.7 Å². The van der Waals surface area contributed by atoms with Crippen molar-refractivity contribution in [1.29, 1.82) is 0 Å². The van der Waals surface area contributed by atoms with Gasteiger partial charge in [0.15, 0.2) is 0 Å². The molecule has 5 nitrogen and oxygen atoms in total. The van der Waals surface area contributed by atoms with Crippen LogP contribution in [-0.4, -0.2) is 23.7 Å². The maximum absolute atomic E-state index is 11.6. The third-order valence-corrected chi connectivity index (χ3v) is 3.70. The molecule has 0 spiro atoms. The smallest absolute Gasteiger partial charge is 0.407 e. The molecule has 0 fully saturated rings. The van der Waals surface area contributed by atoms with Gasteiger partial charge in [-0.25, -0.2) is 9.59 Å². The van der Waals surface area contributed by atoms with Crippen molar-refractivity contribution in [3.63, 3.8) is 0 Å². The molecule has 0 unspecified atom stereocenters. The summed E-state index contributed by atoms with van der Waals surface area (Å²) in [6, 6.07) is 14.6. The molecule has 130 valence electrons. The standard InChI is InChI=1S/C20H21NO4/c1-15-17(11-7-12-18(15)19(22)23)10-5-6-13-21-20(24)25-14-16-8-3-2-4-9-16/h2-5,7-12H,6,13-14H2,1H3,(H,21,24)(H,22,23). The highest BCUT2D eigenvalue weighted by Gasteiger charge is 2.08. The van der Waals surface area contributed by atoms with Gasteiger partial charge in [0.1, 0.15) is 6.61 Å². The number of rotatable bonds is 7. The minimum absolute atomic E-state index is 0.240. The van der Waals surface area contributed by atoms with Gasteiger partial charge >= 0.3 is 12.1 Å². The highest BCUT2D eigenvalue weighted by molar-refractivity contribution is 5.90. The molecule has 0 aliphatic heterocycles. The van der Waals surface area contributed by atoms with Crippen molar-refractivity contribution < 1.29 is 19.4 Å². The fourth-order valence-corrected chi connectivity index (χ4v) is 2.31. The lowest BCUT2D eigenvalue weighted by atomic mass is 10.0. The number of hydrogen-bond donors (Lipinski definition) is 2. The summed E-state index contributed by atoms with van der Waals surface area (Å²) >= 11 is 0. The zero-order chi connectivity index (χ0) is 18.1. The molecular weight excluding hydrogens is 318 g/mol. The van der Waals surface area contributed by atoms with Gasteiger partial charge in [0.2, 0.25) is 0 Å². The van der Waals surface area contributed by atoms with Gasteiger partial charge in [-0.1, -0.05) is 54.6 Å². The lowest BCUT2D eigenvalue weighted by molar-refractivity contribution is 0.0696. The molecule has 1 amide bonds. The largest absolute Gasteiger partial charge is 0.478 e. The third-order valence-electron chi connectivity index (χ3n) is 3.70. The molecule has 0 saturated heterocycles. The quantitative estimate of drug-likeness (QED) is 0.747. The number of hydrogen-bond acceptors (Lipinski definition) is 3. The van der Waals surface area contributed by atoms with Gasteiger partial charge in [-0.05, 0) is 36.1 Å². The Labute approximate surface area is 146 Å². The second kappa shape index (κ2) is 9.27. The zero-order valence-corrected chi connectivity index (χ0v) is 14.1. The first kappa shape index (κ1) is 18.3. The van der Waals surface area contributed by atoms with Crippen LogP contribution >= 0.6 is 0 Å². The maximum atomic E-state index is 11.6. The Kier molecular flexibility index (Phi) is 6.77. The number of nitrogens with one attached hydrogen (secondary N) is 1. The zero-order valence-electron chi connectivity index (χ0n) is 14.1.